The molecule has 1 aliphatic carbocycles. The second kappa shape index (κ2) is 8.10. The molecule has 0 aromatic carbocycles. The van der Waals surface area contributed by atoms with Crippen molar-refractivity contribution in [3.8, 4) is 0 Å². The number of esters is 1. The molecule has 7 heteroatoms. The molecule has 1 aromatic heterocycles. The van der Waals surface area contributed by atoms with E-state index in [-0.39, 0.29) is 0 Å². The normalized spacial score (nSPS) is 15.6. The minimum Gasteiger partial charge on any atom is -0.453 e. The van der Waals surface area contributed by atoms with Gasteiger partial charge in [0.05, 0.1) is 7.11 Å². The van der Waals surface area contributed by atoms with Crippen LogP contribution in [0.15, 0.2) is 6.07 Å². The number of fused-ring (bicyclic) bond motifs is 1. The summed E-state index contributed by atoms with van der Waals surface area (Å²) in [7, 11) is 1.15. The first-order valence-corrected chi connectivity index (χ1v) is 8.54. The van der Waals surface area contributed by atoms with Gasteiger partial charge in [0.15, 0.2) is 6.10 Å². The van der Waals surface area contributed by atoms with E-state index < -0.39 is 24.1 Å². The molecule has 0 bridgehead atoms. The highest BCUT2D eigenvalue weighted by Gasteiger charge is 2.23. The highest BCUT2D eigenvalue weighted by Crippen LogP contribution is 2.29. The first kappa shape index (κ1) is 17.5. The van der Waals surface area contributed by atoms with Gasteiger partial charge in [-0.15, -0.1) is 11.3 Å². The maximum atomic E-state index is 12.2. The summed E-state index contributed by atoms with van der Waals surface area (Å²) in [6.45, 7) is 1.42. The van der Waals surface area contributed by atoms with Crippen molar-refractivity contribution in [2.75, 3.05) is 7.11 Å². The molecule has 1 aliphatic rings. The standard InChI is InChI=1S/C16H21NO5S/c1-10(14(18)17-16(20)21-2)22-15(19)13-9-11-7-5-3-4-6-8-12(11)23-13/h9-10H,3-8H2,1-2H3,(H,17,18,20)/t10-/m1/s1. The van der Waals surface area contributed by atoms with Gasteiger partial charge in [0.25, 0.3) is 5.91 Å². The van der Waals surface area contributed by atoms with Crippen LogP contribution in [-0.2, 0) is 27.1 Å². The van der Waals surface area contributed by atoms with Crippen LogP contribution in [0.4, 0.5) is 4.79 Å². The van der Waals surface area contributed by atoms with Crippen LogP contribution in [0.1, 0.15) is 52.7 Å². The predicted octanol–water partition coefficient (Wildman–Crippen LogP) is 2.84. The first-order valence-electron chi connectivity index (χ1n) is 7.72. The monoisotopic (exact) mass is 339 g/mol. The molecule has 0 saturated carbocycles. The summed E-state index contributed by atoms with van der Waals surface area (Å²) in [4.78, 5) is 36.6. The molecule has 0 saturated heterocycles. The molecule has 1 atom stereocenters. The van der Waals surface area contributed by atoms with Crippen molar-refractivity contribution in [1.82, 2.24) is 5.32 Å². The van der Waals surface area contributed by atoms with Crippen molar-refractivity contribution >= 4 is 29.3 Å². The van der Waals surface area contributed by atoms with Gasteiger partial charge in [-0.3, -0.25) is 10.1 Å². The van der Waals surface area contributed by atoms with E-state index in [1.165, 1.54) is 41.5 Å². The number of imide groups is 1. The average molecular weight is 339 g/mol. The zero-order chi connectivity index (χ0) is 16.8. The molecule has 0 fully saturated rings. The Bertz CT molecular complexity index is 570. The summed E-state index contributed by atoms with van der Waals surface area (Å²) in [5, 5.41) is 1.98. The summed E-state index contributed by atoms with van der Waals surface area (Å²) in [6.07, 6.45) is 4.75. The van der Waals surface area contributed by atoms with E-state index in [1.54, 1.807) is 0 Å². The molecule has 0 spiro atoms. The van der Waals surface area contributed by atoms with Crippen molar-refractivity contribution in [2.45, 2.75) is 51.6 Å². The van der Waals surface area contributed by atoms with E-state index in [4.69, 9.17) is 4.74 Å². The first-order chi connectivity index (χ1) is 11.0. The number of methoxy groups -OCH3 is 1. The Labute approximate surface area is 139 Å². The molecule has 2 amide bonds. The number of carbonyl (C=O) groups excluding carboxylic acids is 3. The van der Waals surface area contributed by atoms with E-state index in [2.05, 4.69) is 4.74 Å². The van der Waals surface area contributed by atoms with Crippen LogP contribution in [0.5, 0.6) is 0 Å². The number of ether oxygens (including phenoxy) is 2. The maximum Gasteiger partial charge on any atom is 0.413 e. The van der Waals surface area contributed by atoms with Gasteiger partial charge < -0.3 is 9.47 Å². The minimum atomic E-state index is -1.06. The Balaban J connectivity index is 1.99. The van der Waals surface area contributed by atoms with Crippen molar-refractivity contribution in [2.24, 2.45) is 0 Å². The van der Waals surface area contributed by atoms with Gasteiger partial charge in [0.1, 0.15) is 4.88 Å². The number of thiophene rings is 1. The van der Waals surface area contributed by atoms with Crippen LogP contribution in [0.2, 0.25) is 0 Å². The molecule has 0 aliphatic heterocycles. The van der Waals surface area contributed by atoms with Crippen LogP contribution in [0.25, 0.3) is 0 Å². The van der Waals surface area contributed by atoms with Gasteiger partial charge in [0.2, 0.25) is 0 Å². The highest BCUT2D eigenvalue weighted by molar-refractivity contribution is 7.14. The maximum absolute atomic E-state index is 12.2. The van der Waals surface area contributed by atoms with E-state index in [1.807, 2.05) is 11.4 Å². The van der Waals surface area contributed by atoms with Gasteiger partial charge in [-0.1, -0.05) is 12.8 Å². The fraction of sp³-hybridized carbons (Fsp3) is 0.562. The minimum absolute atomic E-state index is 0.509. The lowest BCUT2D eigenvalue weighted by molar-refractivity contribution is -0.128. The molecule has 2 rings (SSSR count). The Morgan fingerprint density at radius 2 is 1.87 bits per heavy atom. The van der Waals surface area contributed by atoms with Crippen molar-refractivity contribution in [1.29, 1.82) is 0 Å². The third-order valence-electron chi connectivity index (χ3n) is 3.76. The lowest BCUT2D eigenvalue weighted by Crippen LogP contribution is -2.39. The number of rotatable bonds is 3. The predicted molar refractivity (Wildman–Crippen MR) is 85.6 cm³/mol. The number of hydrogen-bond donors (Lipinski definition) is 1. The second-order valence-electron chi connectivity index (χ2n) is 5.50. The van der Waals surface area contributed by atoms with Gasteiger partial charge in [-0.25, -0.2) is 9.59 Å². The van der Waals surface area contributed by atoms with Crippen LogP contribution in [0, 0.1) is 0 Å². The molecule has 0 radical (unpaired) electrons. The Morgan fingerprint density at radius 3 is 2.57 bits per heavy atom. The van der Waals surface area contributed by atoms with Gasteiger partial charge in [-0.05, 0) is 44.2 Å². The number of carbonyl (C=O) groups is 3. The van der Waals surface area contributed by atoms with E-state index in [9.17, 15) is 14.4 Å². The number of nitrogens with one attached hydrogen (secondary N) is 1. The average Bonchev–Trinajstić information content (AvgIpc) is 2.89. The summed E-state index contributed by atoms with van der Waals surface area (Å²) in [5.74, 6) is -1.24. The van der Waals surface area contributed by atoms with Gasteiger partial charge in [-0.2, -0.15) is 0 Å². The Morgan fingerprint density at radius 1 is 1.17 bits per heavy atom. The van der Waals surface area contributed by atoms with Gasteiger partial charge in [0, 0.05) is 4.88 Å². The van der Waals surface area contributed by atoms with Crippen LogP contribution >= 0.6 is 11.3 Å². The molecule has 23 heavy (non-hydrogen) atoms. The highest BCUT2D eigenvalue weighted by atomic mass is 32.1. The summed E-state index contributed by atoms with van der Waals surface area (Å²) in [6, 6.07) is 1.87. The van der Waals surface area contributed by atoms with Crippen molar-refractivity contribution < 1.29 is 23.9 Å². The van der Waals surface area contributed by atoms with E-state index in [0.717, 1.165) is 32.8 Å². The molecule has 126 valence electrons. The van der Waals surface area contributed by atoms with Crippen LogP contribution in [0.3, 0.4) is 0 Å². The number of hydrogen-bond acceptors (Lipinski definition) is 6. The van der Waals surface area contributed by atoms with Crippen LogP contribution < -0.4 is 5.32 Å². The number of amides is 2. The molecule has 1 aromatic rings. The van der Waals surface area contributed by atoms with Crippen molar-refractivity contribution in [3.05, 3.63) is 21.4 Å². The SMILES string of the molecule is COC(=O)NC(=O)[C@@H](C)OC(=O)c1cc2c(s1)CCCCCC2. The zero-order valence-corrected chi connectivity index (χ0v) is 14.2. The zero-order valence-electron chi connectivity index (χ0n) is 13.3. The second-order valence-corrected chi connectivity index (χ2v) is 6.64. The topological polar surface area (TPSA) is 81.7 Å². The van der Waals surface area contributed by atoms with E-state index in [0.29, 0.717) is 4.88 Å². The smallest absolute Gasteiger partial charge is 0.413 e. The summed E-state index contributed by atoms with van der Waals surface area (Å²) < 4.78 is 9.47. The summed E-state index contributed by atoms with van der Waals surface area (Å²) >= 11 is 1.44. The Kier molecular flexibility index (Phi) is 6.15. The molecule has 0 unspecified atom stereocenters. The molecule has 1 heterocycles. The van der Waals surface area contributed by atoms with Crippen molar-refractivity contribution in [3.63, 3.8) is 0 Å². The molecular weight excluding hydrogens is 318 g/mol. The Hall–Kier alpha value is -1.89. The van der Waals surface area contributed by atoms with E-state index >= 15 is 0 Å². The summed E-state index contributed by atoms with van der Waals surface area (Å²) in [5.41, 5.74) is 1.22. The third kappa shape index (κ3) is 4.79. The fourth-order valence-electron chi connectivity index (χ4n) is 2.47. The molecule has 1 N–H and O–H groups in total. The molecule has 6 nitrogen and oxygen atoms in total. The largest absolute Gasteiger partial charge is 0.453 e. The number of aryl methyl sites for hydroxylation is 2. The lowest BCUT2D eigenvalue weighted by Gasteiger charge is -2.11. The van der Waals surface area contributed by atoms with Crippen LogP contribution in [-0.4, -0.2) is 31.2 Å². The van der Waals surface area contributed by atoms with Gasteiger partial charge >= 0.3 is 12.1 Å². The lowest BCUT2D eigenvalue weighted by atomic mass is 10.00. The quantitative estimate of drug-likeness (QED) is 0.856. The fourth-order valence-corrected chi connectivity index (χ4v) is 3.61. The number of alkyl carbamates (subject to hydrolysis) is 1. The molecular formula is C16H21NO5S. The third-order valence-corrected chi connectivity index (χ3v) is 4.98.